The van der Waals surface area contributed by atoms with Crippen molar-refractivity contribution in [1.29, 1.82) is 0 Å². The highest BCUT2D eigenvalue weighted by atomic mass is 32.1. The molecule has 2 amide bonds. The van der Waals surface area contributed by atoms with Gasteiger partial charge in [-0.25, -0.2) is 4.79 Å². The molecule has 0 saturated heterocycles. The number of aryl methyl sites for hydroxylation is 1. The number of methoxy groups -OCH3 is 1. The number of carbonyl (C=O) groups is 3. The number of thiol groups is 1. The molecule has 30 heavy (non-hydrogen) atoms. The van der Waals surface area contributed by atoms with E-state index in [0.717, 1.165) is 11.1 Å². The highest BCUT2D eigenvalue weighted by molar-refractivity contribution is 7.80. The van der Waals surface area contributed by atoms with Gasteiger partial charge in [-0.05, 0) is 29.7 Å². The second kappa shape index (κ2) is 12.7. The van der Waals surface area contributed by atoms with Gasteiger partial charge in [-0.3, -0.25) is 9.59 Å². The first-order valence-corrected chi connectivity index (χ1v) is 10.5. The predicted molar refractivity (Wildman–Crippen MR) is 119 cm³/mol. The predicted octanol–water partition coefficient (Wildman–Crippen LogP) is 2.32. The quantitative estimate of drug-likeness (QED) is 0.379. The minimum Gasteiger partial charge on any atom is -0.467 e. The van der Waals surface area contributed by atoms with E-state index in [0.29, 0.717) is 25.0 Å². The average Bonchev–Trinajstić information content (AvgIpc) is 2.77. The number of hydrogen-bond donors (Lipinski definition) is 3. The number of nitrogens with one attached hydrogen (secondary N) is 2. The molecule has 2 rings (SSSR count). The lowest BCUT2D eigenvalue weighted by Gasteiger charge is -2.22. The summed E-state index contributed by atoms with van der Waals surface area (Å²) in [7, 11) is 1.27. The Morgan fingerprint density at radius 1 is 0.900 bits per heavy atom. The van der Waals surface area contributed by atoms with Crippen molar-refractivity contribution in [1.82, 2.24) is 10.6 Å². The van der Waals surface area contributed by atoms with Gasteiger partial charge in [-0.2, -0.15) is 12.6 Å². The summed E-state index contributed by atoms with van der Waals surface area (Å²) in [5, 5.41) is 5.51. The third-order valence-electron chi connectivity index (χ3n) is 4.64. The van der Waals surface area contributed by atoms with Crippen LogP contribution in [0.3, 0.4) is 0 Å². The maximum atomic E-state index is 12.9. The van der Waals surface area contributed by atoms with E-state index in [1.54, 1.807) is 0 Å². The van der Waals surface area contributed by atoms with Gasteiger partial charge in [0.15, 0.2) is 0 Å². The topological polar surface area (TPSA) is 84.5 Å². The first-order valence-electron chi connectivity index (χ1n) is 9.89. The lowest BCUT2D eigenvalue weighted by Crippen LogP contribution is -2.52. The summed E-state index contributed by atoms with van der Waals surface area (Å²) in [5.41, 5.74) is 1.96. The number of esters is 1. The van der Waals surface area contributed by atoms with Crippen LogP contribution in [0.4, 0.5) is 0 Å². The third kappa shape index (κ3) is 7.91. The van der Waals surface area contributed by atoms with Crippen molar-refractivity contribution in [2.24, 2.45) is 0 Å². The van der Waals surface area contributed by atoms with E-state index in [9.17, 15) is 14.4 Å². The molecule has 0 radical (unpaired) electrons. The molecule has 0 heterocycles. The van der Waals surface area contributed by atoms with Crippen molar-refractivity contribution in [2.75, 3.05) is 12.9 Å². The summed E-state index contributed by atoms with van der Waals surface area (Å²) < 4.78 is 4.76. The molecule has 0 aliphatic rings. The van der Waals surface area contributed by atoms with Crippen LogP contribution >= 0.6 is 12.6 Å². The molecule has 0 aromatic heterocycles. The Hall–Kier alpha value is -2.80. The van der Waals surface area contributed by atoms with Gasteiger partial charge in [-0.15, -0.1) is 0 Å². The molecule has 0 aliphatic heterocycles. The Kier molecular flexibility index (Phi) is 9.94. The molecule has 0 aliphatic carbocycles. The first kappa shape index (κ1) is 23.5. The minimum atomic E-state index is -0.806. The number of rotatable bonds is 11. The zero-order valence-electron chi connectivity index (χ0n) is 17.0. The molecule has 0 spiro atoms. The lowest BCUT2D eigenvalue weighted by atomic mass is 10.0. The van der Waals surface area contributed by atoms with Crippen LogP contribution in [0.5, 0.6) is 0 Å². The van der Waals surface area contributed by atoms with Crippen LogP contribution < -0.4 is 10.6 Å². The van der Waals surface area contributed by atoms with Crippen molar-refractivity contribution in [3.8, 4) is 0 Å². The van der Waals surface area contributed by atoms with Crippen LogP contribution in [0.2, 0.25) is 0 Å². The Labute approximate surface area is 182 Å². The summed E-state index contributed by atoms with van der Waals surface area (Å²) >= 11 is 4.14. The van der Waals surface area contributed by atoms with Crippen molar-refractivity contribution in [3.05, 3.63) is 71.8 Å². The molecule has 2 aromatic carbocycles. The molecular weight excluding hydrogens is 400 g/mol. The Bertz CT molecular complexity index is 814. The Morgan fingerprint density at radius 2 is 1.50 bits per heavy atom. The highest BCUT2D eigenvalue weighted by Crippen LogP contribution is 2.07. The standard InChI is InChI=1S/C23H28N2O4S/c1-29-23(28)19(14-15-30)25-22(27)20(16-18-10-6-3-7-11-18)24-21(26)13-12-17-8-4-2-5-9-17/h2-11,19-20,30H,12-16H2,1H3,(H,24,26)(H,25,27)/t19-,20-/m0/s1. The second-order valence-electron chi connectivity index (χ2n) is 6.89. The van der Waals surface area contributed by atoms with Gasteiger partial charge in [0, 0.05) is 12.8 Å². The first-order chi connectivity index (χ1) is 14.5. The van der Waals surface area contributed by atoms with E-state index in [1.807, 2.05) is 60.7 Å². The normalized spacial score (nSPS) is 12.5. The van der Waals surface area contributed by atoms with Crippen molar-refractivity contribution >= 4 is 30.4 Å². The monoisotopic (exact) mass is 428 g/mol. The van der Waals surface area contributed by atoms with Crippen molar-refractivity contribution in [2.45, 2.75) is 37.8 Å². The minimum absolute atomic E-state index is 0.223. The molecule has 2 N–H and O–H groups in total. The number of benzene rings is 2. The summed E-state index contributed by atoms with van der Waals surface area (Å²) in [4.78, 5) is 37.4. The average molecular weight is 429 g/mol. The molecule has 0 saturated carbocycles. The maximum Gasteiger partial charge on any atom is 0.328 e. The third-order valence-corrected chi connectivity index (χ3v) is 4.90. The van der Waals surface area contributed by atoms with Crippen LogP contribution in [-0.4, -0.2) is 42.7 Å². The van der Waals surface area contributed by atoms with Gasteiger partial charge in [0.25, 0.3) is 0 Å². The fourth-order valence-corrected chi connectivity index (χ4v) is 3.28. The van der Waals surface area contributed by atoms with E-state index < -0.39 is 24.0 Å². The molecule has 0 unspecified atom stereocenters. The molecule has 0 bridgehead atoms. The van der Waals surface area contributed by atoms with E-state index in [1.165, 1.54) is 7.11 Å². The Balaban J connectivity index is 2.05. The fourth-order valence-electron chi connectivity index (χ4n) is 3.02. The number of carbonyl (C=O) groups excluding carboxylic acids is 3. The summed E-state index contributed by atoms with van der Waals surface area (Å²) in [6.07, 6.45) is 1.50. The highest BCUT2D eigenvalue weighted by Gasteiger charge is 2.27. The maximum absolute atomic E-state index is 12.9. The van der Waals surface area contributed by atoms with Crippen LogP contribution in [0.25, 0.3) is 0 Å². The number of hydrogen-bond acceptors (Lipinski definition) is 5. The van der Waals surface area contributed by atoms with Gasteiger partial charge in [-0.1, -0.05) is 60.7 Å². The van der Waals surface area contributed by atoms with Gasteiger partial charge < -0.3 is 15.4 Å². The molecule has 0 fully saturated rings. The van der Waals surface area contributed by atoms with Gasteiger partial charge in [0.2, 0.25) is 11.8 Å². The van der Waals surface area contributed by atoms with Crippen molar-refractivity contribution < 1.29 is 19.1 Å². The van der Waals surface area contributed by atoms with E-state index in [2.05, 4.69) is 23.3 Å². The van der Waals surface area contributed by atoms with Crippen molar-refractivity contribution in [3.63, 3.8) is 0 Å². The molecule has 7 heteroatoms. The van der Waals surface area contributed by atoms with Gasteiger partial charge in [0.05, 0.1) is 7.11 Å². The molecular formula is C23H28N2O4S. The summed E-state index contributed by atoms with van der Waals surface area (Å²) in [6.45, 7) is 0. The van der Waals surface area contributed by atoms with Gasteiger partial charge >= 0.3 is 5.97 Å². The fraction of sp³-hybridized carbons (Fsp3) is 0.348. The lowest BCUT2D eigenvalue weighted by molar-refractivity contribution is -0.145. The van der Waals surface area contributed by atoms with Crippen LogP contribution in [0.15, 0.2) is 60.7 Å². The Morgan fingerprint density at radius 3 is 2.07 bits per heavy atom. The zero-order chi connectivity index (χ0) is 21.8. The van der Waals surface area contributed by atoms with Crippen LogP contribution in [0.1, 0.15) is 24.0 Å². The molecule has 2 aromatic rings. The van der Waals surface area contributed by atoms with E-state index in [4.69, 9.17) is 4.74 Å². The van der Waals surface area contributed by atoms with Crippen LogP contribution in [-0.2, 0) is 32.0 Å². The molecule has 6 nitrogen and oxygen atoms in total. The summed E-state index contributed by atoms with van der Waals surface area (Å²) in [6, 6.07) is 17.5. The van der Waals surface area contributed by atoms with E-state index >= 15 is 0 Å². The van der Waals surface area contributed by atoms with E-state index in [-0.39, 0.29) is 12.3 Å². The molecule has 2 atom stereocenters. The number of amides is 2. The molecule has 160 valence electrons. The van der Waals surface area contributed by atoms with Gasteiger partial charge in [0.1, 0.15) is 12.1 Å². The number of ether oxygens (including phenoxy) is 1. The largest absolute Gasteiger partial charge is 0.467 e. The SMILES string of the molecule is COC(=O)[C@H](CCS)NC(=O)[C@H](Cc1ccccc1)NC(=O)CCc1ccccc1. The second-order valence-corrected chi connectivity index (χ2v) is 7.34. The summed E-state index contributed by atoms with van der Waals surface area (Å²) in [5.74, 6) is -0.776. The smallest absolute Gasteiger partial charge is 0.328 e. The zero-order valence-corrected chi connectivity index (χ0v) is 17.9. The van der Waals surface area contributed by atoms with Crippen LogP contribution in [0, 0.1) is 0 Å².